The van der Waals surface area contributed by atoms with E-state index < -0.39 is 17.9 Å². The van der Waals surface area contributed by atoms with Gasteiger partial charge in [-0.2, -0.15) is 0 Å². The van der Waals surface area contributed by atoms with E-state index in [2.05, 4.69) is 20.9 Å². The van der Waals surface area contributed by atoms with Crippen molar-refractivity contribution in [3.05, 3.63) is 15.8 Å². The molecule has 2 heterocycles. The van der Waals surface area contributed by atoms with Gasteiger partial charge in [-0.05, 0) is 15.9 Å². The highest BCUT2D eigenvalue weighted by atomic mass is 79.9. The molecule has 2 aromatic rings. The van der Waals surface area contributed by atoms with Crippen molar-refractivity contribution in [2.75, 3.05) is 13.2 Å². The lowest BCUT2D eigenvalue weighted by Gasteiger charge is -2.26. The number of nitrogens with zero attached hydrogens (tertiary/aromatic N) is 1. The third kappa shape index (κ3) is 2.45. The number of carbonyl (C=O) groups excluding carboxylic acids is 1. The van der Waals surface area contributed by atoms with Crippen molar-refractivity contribution in [2.45, 2.75) is 13.0 Å². The Labute approximate surface area is 125 Å². The minimum atomic E-state index is -0.475. The van der Waals surface area contributed by atoms with E-state index in [1.165, 1.54) is 24.3 Å². The third-order valence-corrected chi connectivity index (χ3v) is 4.20. The summed E-state index contributed by atoms with van der Waals surface area (Å²) in [6, 6.07) is 1.24. The van der Waals surface area contributed by atoms with E-state index in [1.54, 1.807) is 0 Å². The molecule has 1 aliphatic heterocycles. The Morgan fingerprint density at radius 1 is 1.70 bits per heavy atom. The molecular weight excluding hydrogens is 353 g/mol. The van der Waals surface area contributed by atoms with Gasteiger partial charge < -0.3 is 14.2 Å². The SMILES string of the molecule is CC(=O)OCC1COc2c(cc(F)c3nc(Br)sc23)O1. The zero-order valence-corrected chi connectivity index (χ0v) is 12.7. The maximum absolute atomic E-state index is 13.9. The molecule has 0 radical (unpaired) electrons. The summed E-state index contributed by atoms with van der Waals surface area (Å²) in [6.45, 7) is 1.62. The third-order valence-electron chi connectivity index (χ3n) is 2.69. The fraction of sp³-hybridized carbons (Fsp3) is 0.333. The summed E-state index contributed by atoms with van der Waals surface area (Å²) in [7, 11) is 0. The van der Waals surface area contributed by atoms with Gasteiger partial charge in [0, 0.05) is 13.0 Å². The summed E-state index contributed by atoms with van der Waals surface area (Å²) in [5.41, 5.74) is 0.252. The highest BCUT2D eigenvalue weighted by Gasteiger charge is 2.27. The minimum absolute atomic E-state index is 0.0703. The second-order valence-corrected chi connectivity index (χ2v) is 6.46. The van der Waals surface area contributed by atoms with Crippen LogP contribution in [0.25, 0.3) is 10.2 Å². The number of esters is 1. The fourth-order valence-electron chi connectivity index (χ4n) is 1.88. The number of thiazole rings is 1. The summed E-state index contributed by atoms with van der Waals surface area (Å²) in [5, 5.41) is 0. The number of fused-ring (bicyclic) bond motifs is 3. The monoisotopic (exact) mass is 361 g/mol. The summed E-state index contributed by atoms with van der Waals surface area (Å²) >= 11 is 4.50. The average molecular weight is 362 g/mol. The summed E-state index contributed by atoms with van der Waals surface area (Å²) < 4.78 is 31.2. The van der Waals surface area contributed by atoms with Gasteiger partial charge in [0.05, 0.1) is 0 Å². The van der Waals surface area contributed by atoms with Gasteiger partial charge in [0.15, 0.2) is 27.3 Å². The van der Waals surface area contributed by atoms with Crippen LogP contribution in [0.15, 0.2) is 9.98 Å². The fourth-order valence-corrected chi connectivity index (χ4v) is 3.34. The Hall–Kier alpha value is -1.41. The molecule has 1 aromatic carbocycles. The number of halogens is 2. The van der Waals surface area contributed by atoms with Crippen LogP contribution in [0.5, 0.6) is 11.5 Å². The number of hydrogen-bond acceptors (Lipinski definition) is 6. The Bertz CT molecular complexity index is 690. The highest BCUT2D eigenvalue weighted by molar-refractivity contribution is 9.11. The van der Waals surface area contributed by atoms with E-state index in [1.807, 2.05) is 0 Å². The van der Waals surface area contributed by atoms with Crippen LogP contribution in [0, 0.1) is 5.82 Å². The van der Waals surface area contributed by atoms with E-state index in [0.717, 1.165) is 0 Å². The van der Waals surface area contributed by atoms with Gasteiger partial charge in [-0.25, -0.2) is 9.37 Å². The second-order valence-electron chi connectivity index (χ2n) is 4.18. The minimum Gasteiger partial charge on any atom is -0.484 e. The van der Waals surface area contributed by atoms with Crippen molar-refractivity contribution in [3.63, 3.8) is 0 Å². The number of benzene rings is 1. The molecule has 0 spiro atoms. The van der Waals surface area contributed by atoms with Crippen molar-refractivity contribution in [1.82, 2.24) is 4.98 Å². The first-order valence-electron chi connectivity index (χ1n) is 5.76. The van der Waals surface area contributed by atoms with E-state index >= 15 is 0 Å². The van der Waals surface area contributed by atoms with Crippen LogP contribution in [0.3, 0.4) is 0 Å². The first kappa shape index (κ1) is 13.6. The lowest BCUT2D eigenvalue weighted by Crippen LogP contribution is -2.34. The Balaban J connectivity index is 1.92. The lowest BCUT2D eigenvalue weighted by atomic mass is 10.2. The molecule has 8 heteroatoms. The van der Waals surface area contributed by atoms with Gasteiger partial charge in [0.2, 0.25) is 0 Å². The number of hydrogen-bond donors (Lipinski definition) is 0. The van der Waals surface area contributed by atoms with Crippen LogP contribution in [0.2, 0.25) is 0 Å². The zero-order chi connectivity index (χ0) is 14.3. The molecule has 3 rings (SSSR count). The van der Waals surface area contributed by atoms with Gasteiger partial charge in [-0.1, -0.05) is 0 Å². The van der Waals surface area contributed by atoms with E-state index in [9.17, 15) is 9.18 Å². The molecule has 5 nitrogen and oxygen atoms in total. The standard InChI is InChI=1S/C12H9BrFNO4S/c1-5(16)17-3-6-4-18-10-8(19-6)2-7(14)9-11(10)20-12(13)15-9/h2,6H,3-4H2,1H3. The van der Waals surface area contributed by atoms with E-state index in [-0.39, 0.29) is 18.7 Å². The molecule has 0 amide bonds. The van der Waals surface area contributed by atoms with Gasteiger partial charge >= 0.3 is 5.97 Å². The molecule has 0 N–H and O–H groups in total. The van der Waals surface area contributed by atoms with Crippen molar-refractivity contribution in [2.24, 2.45) is 0 Å². The molecule has 0 saturated heterocycles. The smallest absolute Gasteiger partial charge is 0.302 e. The molecule has 0 aliphatic carbocycles. The van der Waals surface area contributed by atoms with Crippen LogP contribution in [-0.2, 0) is 9.53 Å². The predicted octanol–water partition coefficient (Wildman–Crippen LogP) is 2.90. The summed E-state index contributed by atoms with van der Waals surface area (Å²) in [6.07, 6.45) is -0.445. The Morgan fingerprint density at radius 2 is 2.50 bits per heavy atom. The van der Waals surface area contributed by atoms with Gasteiger partial charge in [-0.15, -0.1) is 11.3 Å². The quantitative estimate of drug-likeness (QED) is 0.769. The lowest BCUT2D eigenvalue weighted by molar-refractivity contribution is -0.144. The molecule has 1 aliphatic rings. The molecule has 1 unspecified atom stereocenters. The zero-order valence-electron chi connectivity index (χ0n) is 10.3. The molecule has 106 valence electrons. The van der Waals surface area contributed by atoms with Gasteiger partial charge in [0.1, 0.15) is 23.4 Å². The number of aromatic nitrogens is 1. The summed E-state index contributed by atoms with van der Waals surface area (Å²) in [5.74, 6) is -0.0944. The van der Waals surface area contributed by atoms with E-state index in [0.29, 0.717) is 20.1 Å². The van der Waals surface area contributed by atoms with Crippen LogP contribution >= 0.6 is 27.3 Å². The topological polar surface area (TPSA) is 57.7 Å². The van der Waals surface area contributed by atoms with Crippen molar-refractivity contribution >= 4 is 43.5 Å². The Kier molecular flexibility index (Phi) is 3.51. The largest absolute Gasteiger partial charge is 0.484 e. The average Bonchev–Trinajstić information content (AvgIpc) is 2.78. The number of carbonyl (C=O) groups is 1. The van der Waals surface area contributed by atoms with Gasteiger partial charge in [0.25, 0.3) is 0 Å². The molecular formula is C12H9BrFNO4S. The summed E-state index contributed by atoms with van der Waals surface area (Å²) in [4.78, 5) is 14.8. The highest BCUT2D eigenvalue weighted by Crippen LogP contribution is 2.43. The second kappa shape index (κ2) is 5.17. The molecule has 0 bridgehead atoms. The molecule has 0 fully saturated rings. The van der Waals surface area contributed by atoms with Gasteiger partial charge in [-0.3, -0.25) is 4.79 Å². The van der Waals surface area contributed by atoms with E-state index in [4.69, 9.17) is 14.2 Å². The van der Waals surface area contributed by atoms with Crippen LogP contribution in [0.1, 0.15) is 6.92 Å². The Morgan fingerprint density at radius 3 is 3.25 bits per heavy atom. The maximum Gasteiger partial charge on any atom is 0.302 e. The van der Waals surface area contributed by atoms with Crippen LogP contribution in [-0.4, -0.2) is 30.3 Å². The first-order valence-corrected chi connectivity index (χ1v) is 7.37. The molecule has 0 saturated carbocycles. The first-order chi connectivity index (χ1) is 9.54. The molecule has 1 atom stereocenters. The van der Waals surface area contributed by atoms with Crippen LogP contribution in [0.4, 0.5) is 4.39 Å². The molecule has 1 aromatic heterocycles. The predicted molar refractivity (Wildman–Crippen MR) is 73.8 cm³/mol. The van der Waals surface area contributed by atoms with Crippen LogP contribution < -0.4 is 9.47 Å². The van der Waals surface area contributed by atoms with Crippen molar-refractivity contribution in [1.29, 1.82) is 0 Å². The maximum atomic E-state index is 13.9. The van der Waals surface area contributed by atoms with Crippen molar-refractivity contribution in [3.8, 4) is 11.5 Å². The number of rotatable bonds is 2. The molecule has 20 heavy (non-hydrogen) atoms. The normalized spacial score (nSPS) is 17.2. The number of ether oxygens (including phenoxy) is 3. The van der Waals surface area contributed by atoms with Crippen molar-refractivity contribution < 1.29 is 23.4 Å².